The summed E-state index contributed by atoms with van der Waals surface area (Å²) < 4.78 is 30.6. The minimum Gasteiger partial charge on any atom is -0.466 e. The van der Waals surface area contributed by atoms with Crippen molar-refractivity contribution in [1.29, 1.82) is 5.26 Å². The highest BCUT2D eigenvalue weighted by Crippen LogP contribution is 2.27. The van der Waals surface area contributed by atoms with E-state index in [9.17, 15) is 13.6 Å². The predicted octanol–water partition coefficient (Wildman–Crippen LogP) is 3.34. The molecule has 0 amide bonds. The van der Waals surface area contributed by atoms with Crippen LogP contribution in [0, 0.1) is 11.3 Å². The molecule has 0 aromatic heterocycles. The second-order valence-corrected chi connectivity index (χ2v) is 4.00. The van der Waals surface area contributed by atoms with Crippen LogP contribution in [0.3, 0.4) is 0 Å². The summed E-state index contributed by atoms with van der Waals surface area (Å²) in [4.78, 5) is 11.4. The van der Waals surface area contributed by atoms with E-state index >= 15 is 0 Å². The zero-order valence-corrected chi connectivity index (χ0v) is 11.0. The SMILES string of the molecule is CCOC(=O)Cc1cc(C#N)c(CCl)cc1C(F)F. The monoisotopic (exact) mass is 287 g/mol. The molecule has 6 heteroatoms. The number of ether oxygens (including phenoxy) is 1. The maximum atomic E-state index is 12.9. The van der Waals surface area contributed by atoms with Crippen molar-refractivity contribution in [3.63, 3.8) is 0 Å². The van der Waals surface area contributed by atoms with Gasteiger partial charge < -0.3 is 4.74 Å². The molecule has 1 aromatic rings. The van der Waals surface area contributed by atoms with E-state index in [1.807, 2.05) is 6.07 Å². The van der Waals surface area contributed by atoms with Crippen LogP contribution in [0.2, 0.25) is 0 Å². The van der Waals surface area contributed by atoms with E-state index in [1.165, 1.54) is 12.1 Å². The number of hydrogen-bond acceptors (Lipinski definition) is 3. The molecule has 0 heterocycles. The lowest BCUT2D eigenvalue weighted by Crippen LogP contribution is -2.10. The van der Waals surface area contributed by atoms with Crippen molar-refractivity contribution in [2.75, 3.05) is 6.61 Å². The quantitative estimate of drug-likeness (QED) is 0.616. The molecule has 0 spiro atoms. The van der Waals surface area contributed by atoms with E-state index in [4.69, 9.17) is 21.6 Å². The van der Waals surface area contributed by atoms with Gasteiger partial charge in [0.15, 0.2) is 0 Å². The zero-order valence-electron chi connectivity index (χ0n) is 10.3. The van der Waals surface area contributed by atoms with Gasteiger partial charge in [0.1, 0.15) is 0 Å². The lowest BCUT2D eigenvalue weighted by Gasteiger charge is -2.11. The van der Waals surface area contributed by atoms with Crippen molar-refractivity contribution >= 4 is 17.6 Å². The van der Waals surface area contributed by atoms with Gasteiger partial charge in [0.25, 0.3) is 6.43 Å². The smallest absolute Gasteiger partial charge is 0.310 e. The molecule has 102 valence electrons. The summed E-state index contributed by atoms with van der Waals surface area (Å²) in [6.45, 7) is 1.80. The van der Waals surface area contributed by atoms with Gasteiger partial charge in [0.2, 0.25) is 0 Å². The van der Waals surface area contributed by atoms with Crippen molar-refractivity contribution in [2.45, 2.75) is 25.7 Å². The summed E-state index contributed by atoms with van der Waals surface area (Å²) in [6, 6.07) is 4.32. The molecule has 0 saturated heterocycles. The Bertz CT molecular complexity index is 512. The average Bonchev–Trinajstić information content (AvgIpc) is 2.38. The number of carbonyl (C=O) groups is 1. The van der Waals surface area contributed by atoms with Crippen molar-refractivity contribution in [1.82, 2.24) is 0 Å². The maximum Gasteiger partial charge on any atom is 0.310 e. The van der Waals surface area contributed by atoms with Gasteiger partial charge >= 0.3 is 5.97 Å². The first-order valence-corrected chi connectivity index (χ1v) is 6.12. The molecule has 19 heavy (non-hydrogen) atoms. The van der Waals surface area contributed by atoms with Gasteiger partial charge in [-0.3, -0.25) is 4.79 Å². The Morgan fingerprint density at radius 1 is 1.47 bits per heavy atom. The molecule has 0 atom stereocenters. The largest absolute Gasteiger partial charge is 0.466 e. The molecular weight excluding hydrogens is 276 g/mol. The van der Waals surface area contributed by atoms with Gasteiger partial charge in [-0.15, -0.1) is 11.6 Å². The molecule has 0 saturated carbocycles. The van der Waals surface area contributed by atoms with Gasteiger partial charge in [-0.1, -0.05) is 0 Å². The van der Waals surface area contributed by atoms with E-state index in [1.54, 1.807) is 6.92 Å². The van der Waals surface area contributed by atoms with Gasteiger partial charge in [-0.25, -0.2) is 8.78 Å². The third-order valence-corrected chi connectivity index (χ3v) is 2.79. The van der Waals surface area contributed by atoms with Gasteiger partial charge in [-0.05, 0) is 30.2 Å². The summed E-state index contributed by atoms with van der Waals surface area (Å²) in [5.74, 6) is -0.644. The Balaban J connectivity index is 3.21. The third-order valence-electron chi connectivity index (χ3n) is 2.50. The summed E-state index contributed by atoms with van der Waals surface area (Å²) in [5.41, 5.74) is 0.326. The van der Waals surface area contributed by atoms with Crippen LogP contribution in [0.25, 0.3) is 0 Å². The van der Waals surface area contributed by atoms with Gasteiger partial charge in [0, 0.05) is 11.4 Å². The first-order chi connectivity index (χ1) is 9.03. The molecule has 0 unspecified atom stereocenters. The van der Waals surface area contributed by atoms with E-state index in [2.05, 4.69) is 0 Å². The second kappa shape index (κ2) is 7.05. The molecule has 0 aliphatic heterocycles. The number of hydrogen-bond donors (Lipinski definition) is 0. The van der Waals surface area contributed by atoms with E-state index in [0.29, 0.717) is 5.56 Å². The molecule has 3 nitrogen and oxygen atoms in total. The number of halogens is 3. The molecule has 1 aromatic carbocycles. The molecule has 0 aliphatic carbocycles. The molecule has 0 fully saturated rings. The first kappa shape index (κ1) is 15.4. The van der Waals surface area contributed by atoms with Gasteiger partial charge in [-0.2, -0.15) is 5.26 Å². The molecule has 0 N–H and O–H groups in total. The van der Waals surface area contributed by atoms with E-state index < -0.39 is 12.4 Å². The van der Waals surface area contributed by atoms with Crippen LogP contribution in [-0.2, 0) is 21.8 Å². The lowest BCUT2D eigenvalue weighted by molar-refractivity contribution is -0.142. The first-order valence-electron chi connectivity index (χ1n) is 5.59. The Morgan fingerprint density at radius 2 is 2.16 bits per heavy atom. The average molecular weight is 288 g/mol. The van der Waals surface area contributed by atoms with Crippen molar-refractivity contribution < 1.29 is 18.3 Å². The molecule has 0 aliphatic rings. The molecule has 0 bridgehead atoms. The van der Waals surface area contributed by atoms with Crippen LogP contribution in [-0.4, -0.2) is 12.6 Å². The number of rotatable bonds is 5. The second-order valence-electron chi connectivity index (χ2n) is 3.74. The minimum absolute atomic E-state index is 0.0394. The third kappa shape index (κ3) is 3.90. The van der Waals surface area contributed by atoms with Crippen LogP contribution in [0.5, 0.6) is 0 Å². The number of nitrogens with zero attached hydrogens (tertiary/aromatic N) is 1. The molecular formula is C13H12ClF2NO2. The van der Waals surface area contributed by atoms with Crippen LogP contribution in [0.15, 0.2) is 12.1 Å². The van der Waals surface area contributed by atoms with E-state index in [-0.39, 0.29) is 35.6 Å². The lowest BCUT2D eigenvalue weighted by atomic mass is 9.97. The van der Waals surface area contributed by atoms with Crippen LogP contribution >= 0.6 is 11.6 Å². The highest BCUT2D eigenvalue weighted by molar-refractivity contribution is 6.17. The number of benzene rings is 1. The Hall–Kier alpha value is -1.67. The number of carbonyl (C=O) groups excluding carboxylic acids is 1. The fourth-order valence-electron chi connectivity index (χ4n) is 1.65. The maximum absolute atomic E-state index is 12.9. The number of nitriles is 1. The fourth-order valence-corrected chi connectivity index (χ4v) is 1.87. The summed E-state index contributed by atoms with van der Waals surface area (Å²) in [7, 11) is 0. The summed E-state index contributed by atoms with van der Waals surface area (Å²) >= 11 is 5.61. The number of esters is 1. The van der Waals surface area contributed by atoms with Crippen LogP contribution < -0.4 is 0 Å². The standard InChI is InChI=1S/C13H12ClF2NO2/c1-2-19-12(18)5-8-3-10(7-17)9(6-14)4-11(8)13(15)16/h3-4,13H,2,5-6H2,1H3. The van der Waals surface area contributed by atoms with Crippen LogP contribution in [0.4, 0.5) is 8.78 Å². The Kier molecular flexibility index (Phi) is 5.71. The van der Waals surface area contributed by atoms with Crippen molar-refractivity contribution in [3.8, 4) is 6.07 Å². The topological polar surface area (TPSA) is 50.1 Å². The highest BCUT2D eigenvalue weighted by atomic mass is 35.5. The normalized spacial score (nSPS) is 10.3. The highest BCUT2D eigenvalue weighted by Gasteiger charge is 2.19. The fraction of sp³-hybridized carbons (Fsp3) is 0.385. The zero-order chi connectivity index (χ0) is 14.4. The summed E-state index contributed by atoms with van der Waals surface area (Å²) in [6.07, 6.45) is -3.02. The van der Waals surface area contributed by atoms with Crippen LogP contribution in [0.1, 0.15) is 35.6 Å². The predicted molar refractivity (Wildman–Crippen MR) is 66.0 cm³/mol. The molecule has 1 rings (SSSR count). The Labute approximate surface area is 114 Å². The van der Waals surface area contributed by atoms with E-state index in [0.717, 1.165) is 0 Å². The number of alkyl halides is 3. The summed E-state index contributed by atoms with van der Waals surface area (Å²) in [5, 5.41) is 8.93. The Morgan fingerprint density at radius 3 is 2.63 bits per heavy atom. The van der Waals surface area contributed by atoms with Crippen molar-refractivity contribution in [3.05, 3.63) is 34.4 Å². The minimum atomic E-state index is -2.74. The van der Waals surface area contributed by atoms with Gasteiger partial charge in [0.05, 0.1) is 24.7 Å². The molecule has 0 radical (unpaired) electrons. The van der Waals surface area contributed by atoms with Crippen molar-refractivity contribution in [2.24, 2.45) is 0 Å².